The van der Waals surface area contributed by atoms with Crippen molar-refractivity contribution in [2.75, 3.05) is 24.5 Å². The molecule has 3 aliphatic rings. The molecule has 0 spiro atoms. The van der Waals surface area contributed by atoms with E-state index in [1.807, 2.05) is 6.07 Å². The predicted molar refractivity (Wildman–Crippen MR) is 129 cm³/mol. The quantitative estimate of drug-likeness (QED) is 0.298. The molecule has 31 heavy (non-hydrogen) atoms. The third-order valence-corrected chi connectivity index (χ3v) is 6.74. The number of fused-ring (bicyclic) bond motifs is 1. The zero-order chi connectivity index (χ0) is 21.8. The molecule has 1 saturated heterocycles. The number of unbranched alkanes of at least 4 members (excludes halogenated alkanes) is 1. The number of rotatable bonds is 7. The lowest BCUT2D eigenvalue weighted by atomic mass is 9.97. The smallest absolute Gasteiger partial charge is 0.265 e. The average Bonchev–Trinajstić information content (AvgIpc) is 3.18. The highest BCUT2D eigenvalue weighted by molar-refractivity contribution is 7.80. The van der Waals surface area contributed by atoms with E-state index in [-0.39, 0.29) is 16.6 Å². The maximum Gasteiger partial charge on any atom is 0.265 e. The van der Waals surface area contributed by atoms with Crippen molar-refractivity contribution < 1.29 is 9.59 Å². The predicted octanol–water partition coefficient (Wildman–Crippen LogP) is 4.37. The van der Waals surface area contributed by atoms with Gasteiger partial charge in [0, 0.05) is 25.3 Å². The van der Waals surface area contributed by atoms with Crippen molar-refractivity contribution in [1.82, 2.24) is 10.2 Å². The Balaban J connectivity index is 1.50. The first-order chi connectivity index (χ1) is 15.1. The van der Waals surface area contributed by atoms with E-state index in [9.17, 15) is 9.59 Å². The maximum atomic E-state index is 13.1. The van der Waals surface area contributed by atoms with Gasteiger partial charge in [0.25, 0.3) is 11.8 Å². The Kier molecular flexibility index (Phi) is 6.86. The van der Waals surface area contributed by atoms with Crippen LogP contribution in [0.25, 0.3) is 6.08 Å². The minimum Gasteiger partial charge on any atom is -0.371 e. The highest BCUT2D eigenvalue weighted by Gasteiger charge is 2.33. The van der Waals surface area contributed by atoms with Crippen LogP contribution in [0.1, 0.15) is 63.0 Å². The van der Waals surface area contributed by atoms with Crippen LogP contribution in [0.3, 0.4) is 0 Å². The Morgan fingerprint density at radius 3 is 2.81 bits per heavy atom. The summed E-state index contributed by atoms with van der Waals surface area (Å²) in [4.78, 5) is 29.6. The van der Waals surface area contributed by atoms with E-state index in [0.717, 1.165) is 44.3 Å². The first-order valence-electron chi connectivity index (χ1n) is 11.5. The Morgan fingerprint density at radius 2 is 2.03 bits per heavy atom. The van der Waals surface area contributed by atoms with Crippen LogP contribution in [0.5, 0.6) is 0 Å². The van der Waals surface area contributed by atoms with Gasteiger partial charge in [-0.15, -0.1) is 0 Å². The summed E-state index contributed by atoms with van der Waals surface area (Å²) in [5.74, 6) is -0.705. The van der Waals surface area contributed by atoms with Gasteiger partial charge >= 0.3 is 0 Å². The van der Waals surface area contributed by atoms with E-state index in [1.54, 1.807) is 6.08 Å². The molecule has 0 aromatic heterocycles. The highest BCUT2D eigenvalue weighted by Crippen LogP contribution is 2.30. The molecule has 1 aromatic rings. The van der Waals surface area contributed by atoms with Crippen molar-refractivity contribution in [1.29, 1.82) is 0 Å². The van der Waals surface area contributed by atoms with Crippen molar-refractivity contribution in [2.45, 2.75) is 58.3 Å². The van der Waals surface area contributed by atoms with Gasteiger partial charge in [0.1, 0.15) is 5.57 Å². The summed E-state index contributed by atoms with van der Waals surface area (Å²) >= 11 is 5.30. The van der Waals surface area contributed by atoms with Crippen LogP contribution in [0.2, 0.25) is 0 Å². The standard InChI is InChI=1S/C25H31N3O2S/c1-2-3-13-27-14-12-20-16-19(9-10-22(20)27)17-21-23(29)26-25(31)28(24(21)30)15-11-18-7-5-4-6-8-18/h7,9-10,16-17H,2-6,8,11-15H2,1H3,(H,26,29,31). The number of amides is 2. The monoisotopic (exact) mass is 437 g/mol. The summed E-state index contributed by atoms with van der Waals surface area (Å²) in [7, 11) is 0. The fourth-order valence-corrected chi connectivity index (χ4v) is 4.88. The first kappa shape index (κ1) is 21.8. The number of hydrogen-bond donors (Lipinski definition) is 1. The molecule has 2 aliphatic heterocycles. The number of anilines is 1. The van der Waals surface area contributed by atoms with E-state index in [2.05, 4.69) is 35.3 Å². The summed E-state index contributed by atoms with van der Waals surface area (Å²) < 4.78 is 0. The number of thiocarbonyl (C=S) groups is 1. The number of carbonyl (C=O) groups excluding carboxylic acids is 2. The normalized spacial score (nSPS) is 20.2. The molecule has 6 heteroatoms. The molecule has 0 bridgehead atoms. The number of benzene rings is 1. The Bertz CT molecular complexity index is 950. The maximum absolute atomic E-state index is 13.1. The second kappa shape index (κ2) is 9.77. The van der Waals surface area contributed by atoms with Gasteiger partial charge in [-0.05, 0) is 86.5 Å². The second-order valence-electron chi connectivity index (χ2n) is 8.61. The zero-order valence-electron chi connectivity index (χ0n) is 18.3. The molecular weight excluding hydrogens is 406 g/mol. The third kappa shape index (κ3) is 4.90. The molecule has 0 unspecified atom stereocenters. The van der Waals surface area contributed by atoms with Gasteiger partial charge in [-0.1, -0.05) is 31.1 Å². The van der Waals surface area contributed by atoms with Gasteiger partial charge in [-0.3, -0.25) is 19.8 Å². The first-order valence-corrected chi connectivity index (χ1v) is 11.9. The fourth-order valence-electron chi connectivity index (χ4n) is 4.61. The summed E-state index contributed by atoms with van der Waals surface area (Å²) in [5.41, 5.74) is 4.99. The molecule has 1 aromatic carbocycles. The van der Waals surface area contributed by atoms with Gasteiger partial charge < -0.3 is 4.90 Å². The van der Waals surface area contributed by atoms with E-state index in [4.69, 9.17) is 12.2 Å². The van der Waals surface area contributed by atoms with Gasteiger partial charge in [0.05, 0.1) is 0 Å². The molecule has 0 atom stereocenters. The van der Waals surface area contributed by atoms with Crippen LogP contribution in [-0.2, 0) is 16.0 Å². The largest absolute Gasteiger partial charge is 0.371 e. The minimum atomic E-state index is -0.409. The van der Waals surface area contributed by atoms with E-state index in [1.165, 1.54) is 47.4 Å². The third-order valence-electron chi connectivity index (χ3n) is 6.42. The number of allylic oxidation sites excluding steroid dienone is 1. The molecule has 4 rings (SSSR count). The van der Waals surface area contributed by atoms with Crippen LogP contribution in [-0.4, -0.2) is 41.5 Å². The zero-order valence-corrected chi connectivity index (χ0v) is 19.1. The van der Waals surface area contributed by atoms with E-state index in [0.29, 0.717) is 6.54 Å². The van der Waals surface area contributed by atoms with Crippen LogP contribution in [0.15, 0.2) is 35.4 Å². The van der Waals surface area contributed by atoms with Gasteiger partial charge in [-0.2, -0.15) is 0 Å². The molecule has 0 saturated carbocycles. The Labute approximate surface area is 190 Å². The average molecular weight is 438 g/mol. The molecule has 1 aliphatic carbocycles. The minimum absolute atomic E-state index is 0.159. The summed E-state index contributed by atoms with van der Waals surface area (Å²) in [6.07, 6.45) is 12.8. The van der Waals surface area contributed by atoms with Crippen molar-refractivity contribution in [3.05, 3.63) is 46.5 Å². The lowest BCUT2D eigenvalue weighted by molar-refractivity contribution is -0.128. The fraction of sp³-hybridized carbons (Fsp3) is 0.480. The molecule has 1 fully saturated rings. The molecule has 164 valence electrons. The van der Waals surface area contributed by atoms with E-state index >= 15 is 0 Å². The molecule has 2 heterocycles. The Morgan fingerprint density at radius 1 is 1.16 bits per heavy atom. The molecule has 0 radical (unpaired) electrons. The lowest BCUT2D eigenvalue weighted by Crippen LogP contribution is -2.54. The van der Waals surface area contributed by atoms with Crippen molar-refractivity contribution >= 4 is 40.9 Å². The van der Waals surface area contributed by atoms with Gasteiger partial charge in [0.15, 0.2) is 5.11 Å². The second-order valence-corrected chi connectivity index (χ2v) is 9.00. The summed E-state index contributed by atoms with van der Waals surface area (Å²) in [6.45, 7) is 4.83. The van der Waals surface area contributed by atoms with Crippen molar-refractivity contribution in [3.63, 3.8) is 0 Å². The highest BCUT2D eigenvalue weighted by atomic mass is 32.1. The van der Waals surface area contributed by atoms with E-state index < -0.39 is 5.91 Å². The number of hydrogen-bond acceptors (Lipinski definition) is 4. The van der Waals surface area contributed by atoms with Crippen molar-refractivity contribution in [2.24, 2.45) is 0 Å². The van der Waals surface area contributed by atoms with Crippen molar-refractivity contribution in [3.8, 4) is 0 Å². The van der Waals surface area contributed by atoms with Crippen LogP contribution in [0.4, 0.5) is 5.69 Å². The van der Waals surface area contributed by atoms with Crippen LogP contribution >= 0.6 is 12.2 Å². The van der Waals surface area contributed by atoms with Crippen LogP contribution in [0, 0.1) is 0 Å². The number of nitrogens with zero attached hydrogens (tertiary/aromatic N) is 2. The topological polar surface area (TPSA) is 52.7 Å². The molecular formula is C25H31N3O2S. The van der Waals surface area contributed by atoms with Crippen LogP contribution < -0.4 is 10.2 Å². The number of nitrogens with one attached hydrogen (secondary N) is 1. The lowest BCUT2D eigenvalue weighted by Gasteiger charge is -2.29. The number of carbonyl (C=O) groups is 2. The van der Waals surface area contributed by atoms with Gasteiger partial charge in [-0.25, -0.2) is 0 Å². The summed E-state index contributed by atoms with van der Waals surface area (Å²) in [5, 5.41) is 2.91. The SMILES string of the molecule is CCCCN1CCc2cc(C=C3C(=O)NC(=S)N(CCC4=CCCCC4)C3=O)ccc21. The summed E-state index contributed by atoms with van der Waals surface area (Å²) in [6, 6.07) is 6.23. The molecule has 2 amide bonds. The Hall–Kier alpha value is -2.47. The van der Waals surface area contributed by atoms with Gasteiger partial charge in [0.2, 0.25) is 0 Å². The molecule has 5 nitrogen and oxygen atoms in total. The molecule has 1 N–H and O–H groups in total.